The molecule has 0 spiro atoms. The number of nitrogens with one attached hydrogen (secondary N) is 2. The lowest BCUT2D eigenvalue weighted by atomic mass is 10.0. The van der Waals surface area contributed by atoms with Crippen LogP contribution in [0.25, 0.3) is 17.2 Å². The first-order valence-electron chi connectivity index (χ1n) is 8.94. The normalized spacial score (nSPS) is 13.5. The maximum Gasteiger partial charge on any atom is 0.248 e. The molecule has 0 aliphatic carbocycles. The van der Waals surface area contributed by atoms with E-state index in [1.807, 2.05) is 25.4 Å². The number of anilines is 1. The molecule has 0 unspecified atom stereocenters. The van der Waals surface area contributed by atoms with Crippen molar-refractivity contribution in [2.75, 3.05) is 11.9 Å². The van der Waals surface area contributed by atoms with E-state index in [9.17, 15) is 4.79 Å². The number of amides is 1. The van der Waals surface area contributed by atoms with Gasteiger partial charge in [-0.2, -0.15) is 5.10 Å². The fraction of sp³-hybridized carbons (Fsp3) is 0.190. The van der Waals surface area contributed by atoms with Crippen LogP contribution < -0.4 is 10.6 Å². The van der Waals surface area contributed by atoms with E-state index < -0.39 is 0 Å². The van der Waals surface area contributed by atoms with Gasteiger partial charge in [-0.1, -0.05) is 6.07 Å². The van der Waals surface area contributed by atoms with Crippen LogP contribution in [-0.2, 0) is 24.8 Å². The number of aromatic nitrogens is 3. The summed E-state index contributed by atoms with van der Waals surface area (Å²) in [7, 11) is 1.88. The Morgan fingerprint density at radius 2 is 2.19 bits per heavy atom. The van der Waals surface area contributed by atoms with Crippen molar-refractivity contribution in [3.8, 4) is 11.1 Å². The predicted molar refractivity (Wildman–Crippen MR) is 106 cm³/mol. The van der Waals surface area contributed by atoms with Gasteiger partial charge in [-0.15, -0.1) is 0 Å². The zero-order chi connectivity index (χ0) is 18.6. The van der Waals surface area contributed by atoms with Crippen molar-refractivity contribution in [3.05, 3.63) is 71.8 Å². The number of aryl methyl sites for hydroxylation is 1. The quantitative estimate of drug-likeness (QED) is 0.703. The Balaban J connectivity index is 1.49. The molecular weight excluding hydrogens is 338 g/mol. The van der Waals surface area contributed by atoms with Crippen LogP contribution in [0.4, 0.5) is 5.69 Å². The summed E-state index contributed by atoms with van der Waals surface area (Å²) < 4.78 is 1.75. The smallest absolute Gasteiger partial charge is 0.248 e. The molecular formula is C21H21N5O. The second-order valence-electron chi connectivity index (χ2n) is 6.60. The Morgan fingerprint density at radius 3 is 3.04 bits per heavy atom. The van der Waals surface area contributed by atoms with Gasteiger partial charge in [0.25, 0.3) is 0 Å². The van der Waals surface area contributed by atoms with Gasteiger partial charge in [0.1, 0.15) is 0 Å². The highest BCUT2D eigenvalue weighted by molar-refractivity contribution is 6.02. The molecule has 27 heavy (non-hydrogen) atoms. The third kappa shape index (κ3) is 3.96. The van der Waals surface area contributed by atoms with Crippen molar-refractivity contribution in [2.45, 2.75) is 13.0 Å². The van der Waals surface area contributed by atoms with Crippen LogP contribution in [0.3, 0.4) is 0 Å². The molecule has 3 heterocycles. The SMILES string of the molecule is Cn1cc(-c2ccncc2C=CC(=O)Nc2ccc3c(c2)CCNC3)cn1. The Kier molecular flexibility index (Phi) is 4.80. The summed E-state index contributed by atoms with van der Waals surface area (Å²) in [6.07, 6.45) is 11.5. The van der Waals surface area contributed by atoms with Crippen molar-refractivity contribution >= 4 is 17.7 Å². The van der Waals surface area contributed by atoms with Crippen molar-refractivity contribution in [1.29, 1.82) is 0 Å². The van der Waals surface area contributed by atoms with Gasteiger partial charge >= 0.3 is 0 Å². The minimum atomic E-state index is -0.162. The Labute approximate surface area is 157 Å². The summed E-state index contributed by atoms with van der Waals surface area (Å²) in [5.74, 6) is -0.162. The van der Waals surface area contributed by atoms with Crippen molar-refractivity contribution < 1.29 is 4.79 Å². The van der Waals surface area contributed by atoms with Crippen LogP contribution in [0.2, 0.25) is 0 Å². The van der Waals surface area contributed by atoms with E-state index in [1.165, 1.54) is 17.2 Å². The van der Waals surface area contributed by atoms with Gasteiger partial charge in [-0.3, -0.25) is 14.5 Å². The Bertz CT molecular complexity index is 1010. The topological polar surface area (TPSA) is 71.8 Å². The van der Waals surface area contributed by atoms with Gasteiger partial charge in [0.15, 0.2) is 0 Å². The molecule has 0 saturated carbocycles. The largest absolute Gasteiger partial charge is 0.323 e. The van der Waals surface area contributed by atoms with E-state index in [1.54, 1.807) is 29.3 Å². The van der Waals surface area contributed by atoms with E-state index in [0.29, 0.717) is 0 Å². The van der Waals surface area contributed by atoms with Gasteiger partial charge in [-0.25, -0.2) is 0 Å². The average Bonchev–Trinajstić information content (AvgIpc) is 3.13. The average molecular weight is 359 g/mol. The number of hydrogen-bond donors (Lipinski definition) is 2. The summed E-state index contributed by atoms with van der Waals surface area (Å²) in [5, 5.41) is 10.5. The summed E-state index contributed by atoms with van der Waals surface area (Å²) in [6, 6.07) is 8.00. The van der Waals surface area contributed by atoms with Gasteiger partial charge in [-0.05, 0) is 53.9 Å². The molecule has 3 aromatic rings. The Morgan fingerprint density at radius 1 is 1.26 bits per heavy atom. The van der Waals surface area contributed by atoms with E-state index in [0.717, 1.165) is 41.9 Å². The number of rotatable bonds is 4. The van der Waals surface area contributed by atoms with Crippen molar-refractivity contribution in [3.63, 3.8) is 0 Å². The molecule has 2 N–H and O–H groups in total. The molecule has 4 rings (SSSR count). The van der Waals surface area contributed by atoms with Crippen molar-refractivity contribution in [1.82, 2.24) is 20.1 Å². The summed E-state index contributed by atoms with van der Waals surface area (Å²) in [6.45, 7) is 1.87. The maximum absolute atomic E-state index is 12.4. The molecule has 136 valence electrons. The second-order valence-corrected chi connectivity index (χ2v) is 6.60. The summed E-state index contributed by atoms with van der Waals surface area (Å²) in [5.41, 5.74) is 6.26. The maximum atomic E-state index is 12.4. The highest BCUT2D eigenvalue weighted by Crippen LogP contribution is 2.23. The number of carbonyl (C=O) groups is 1. The summed E-state index contributed by atoms with van der Waals surface area (Å²) in [4.78, 5) is 16.5. The fourth-order valence-electron chi connectivity index (χ4n) is 3.27. The Hall–Kier alpha value is -3.25. The minimum absolute atomic E-state index is 0.162. The van der Waals surface area contributed by atoms with Gasteiger partial charge in [0.2, 0.25) is 5.91 Å². The van der Waals surface area contributed by atoms with Crippen LogP contribution in [0.5, 0.6) is 0 Å². The lowest BCUT2D eigenvalue weighted by molar-refractivity contribution is -0.111. The zero-order valence-electron chi connectivity index (χ0n) is 15.1. The first-order valence-corrected chi connectivity index (χ1v) is 8.94. The number of fused-ring (bicyclic) bond motifs is 1. The molecule has 0 bridgehead atoms. The molecule has 6 nitrogen and oxygen atoms in total. The molecule has 1 aliphatic heterocycles. The van der Waals surface area contributed by atoms with Crippen LogP contribution in [0, 0.1) is 0 Å². The second kappa shape index (κ2) is 7.55. The predicted octanol–water partition coefficient (Wildman–Crippen LogP) is 2.78. The lowest BCUT2D eigenvalue weighted by Gasteiger charge is -2.17. The van der Waals surface area contributed by atoms with Crippen LogP contribution in [0.1, 0.15) is 16.7 Å². The van der Waals surface area contributed by atoms with Crippen LogP contribution in [0.15, 0.2) is 55.1 Å². The molecule has 0 atom stereocenters. The van der Waals surface area contributed by atoms with Gasteiger partial charge < -0.3 is 10.6 Å². The molecule has 0 radical (unpaired) electrons. The van der Waals surface area contributed by atoms with Crippen LogP contribution >= 0.6 is 0 Å². The molecule has 2 aromatic heterocycles. The fourth-order valence-corrected chi connectivity index (χ4v) is 3.27. The number of benzene rings is 1. The standard InChI is InChI=1S/C21H21N5O/c1-26-14-18(13-24-26)20-7-9-23-12-17(20)3-5-21(27)25-19-4-2-16-11-22-8-6-15(16)10-19/h2-5,7,9-10,12-14,22H,6,8,11H2,1H3,(H,25,27). The van der Waals surface area contributed by atoms with Crippen LogP contribution in [-0.4, -0.2) is 27.2 Å². The zero-order valence-corrected chi connectivity index (χ0v) is 15.1. The van der Waals surface area contributed by atoms with Gasteiger partial charge in [0.05, 0.1) is 6.20 Å². The third-order valence-electron chi connectivity index (χ3n) is 4.64. The van der Waals surface area contributed by atoms with E-state index in [4.69, 9.17) is 0 Å². The number of pyridine rings is 1. The number of hydrogen-bond acceptors (Lipinski definition) is 4. The summed E-state index contributed by atoms with van der Waals surface area (Å²) >= 11 is 0. The minimum Gasteiger partial charge on any atom is -0.323 e. The lowest BCUT2D eigenvalue weighted by Crippen LogP contribution is -2.23. The highest BCUT2D eigenvalue weighted by atomic mass is 16.1. The van der Waals surface area contributed by atoms with Crippen molar-refractivity contribution in [2.24, 2.45) is 7.05 Å². The first-order chi connectivity index (χ1) is 13.2. The molecule has 6 heteroatoms. The molecule has 1 aliphatic rings. The number of nitrogens with zero attached hydrogens (tertiary/aromatic N) is 3. The van der Waals surface area contributed by atoms with E-state index in [-0.39, 0.29) is 5.91 Å². The molecule has 1 aromatic carbocycles. The molecule has 0 saturated heterocycles. The monoisotopic (exact) mass is 359 g/mol. The van der Waals surface area contributed by atoms with Gasteiger partial charge in [0, 0.05) is 55.1 Å². The van der Waals surface area contributed by atoms with E-state index in [2.05, 4.69) is 32.8 Å². The molecule has 1 amide bonds. The highest BCUT2D eigenvalue weighted by Gasteiger charge is 2.10. The number of carbonyl (C=O) groups excluding carboxylic acids is 1. The third-order valence-corrected chi connectivity index (χ3v) is 4.64. The molecule has 0 fully saturated rings. The van der Waals surface area contributed by atoms with E-state index >= 15 is 0 Å². The first kappa shape index (κ1) is 17.2.